The third-order valence-corrected chi connectivity index (χ3v) is 3.21. The van der Waals surface area contributed by atoms with E-state index in [2.05, 4.69) is 5.16 Å². The summed E-state index contributed by atoms with van der Waals surface area (Å²) >= 11 is 0. The van der Waals surface area contributed by atoms with Crippen molar-refractivity contribution in [3.8, 4) is 5.75 Å². The predicted molar refractivity (Wildman–Crippen MR) is 69.4 cm³/mol. The molecule has 90 valence electrons. The molecule has 0 spiro atoms. The lowest BCUT2D eigenvalue weighted by molar-refractivity contribution is 0.285. The number of rotatable bonds is 1. The highest BCUT2D eigenvalue weighted by molar-refractivity contribution is 6.07. The zero-order chi connectivity index (χ0) is 12.4. The van der Waals surface area contributed by atoms with E-state index in [1.165, 1.54) is 0 Å². The van der Waals surface area contributed by atoms with E-state index in [1.807, 2.05) is 54.6 Å². The van der Waals surface area contributed by atoms with Crippen LogP contribution < -0.4 is 4.74 Å². The fourth-order valence-electron chi connectivity index (χ4n) is 2.31. The van der Waals surface area contributed by atoms with Crippen LogP contribution in [0.15, 0.2) is 59.8 Å². The number of nitrogens with zero attached hydrogens (tertiary/aromatic N) is 1. The summed E-state index contributed by atoms with van der Waals surface area (Å²) in [5.74, 6) is 0.753. The molecule has 1 aliphatic rings. The maximum atomic E-state index is 9.30. The number of ether oxygens (including phenoxy) is 1. The summed E-state index contributed by atoms with van der Waals surface area (Å²) in [5.41, 5.74) is 2.63. The molecule has 0 aromatic heterocycles. The van der Waals surface area contributed by atoms with E-state index in [0.29, 0.717) is 12.3 Å². The Kier molecular flexibility index (Phi) is 2.73. The van der Waals surface area contributed by atoms with Crippen molar-refractivity contribution in [3.63, 3.8) is 0 Å². The van der Waals surface area contributed by atoms with Gasteiger partial charge in [-0.3, -0.25) is 0 Å². The molecule has 2 aromatic rings. The van der Waals surface area contributed by atoms with Gasteiger partial charge >= 0.3 is 0 Å². The number of fused-ring (bicyclic) bond motifs is 1. The van der Waals surface area contributed by atoms with E-state index >= 15 is 0 Å². The standard InChI is InChI=1S/C15H13NO2/c17-16-15-12-8-4-5-9-14(12)18-10-13(15)11-6-2-1-3-7-11/h1-9,13,17H,10H2. The molecule has 18 heavy (non-hydrogen) atoms. The Bertz CT molecular complexity index is 578. The molecule has 0 radical (unpaired) electrons. The van der Waals surface area contributed by atoms with Gasteiger partial charge in [-0.25, -0.2) is 0 Å². The van der Waals surface area contributed by atoms with Crippen molar-refractivity contribution in [2.75, 3.05) is 6.61 Å². The van der Waals surface area contributed by atoms with E-state index in [4.69, 9.17) is 4.74 Å². The maximum Gasteiger partial charge on any atom is 0.128 e. The molecule has 3 nitrogen and oxygen atoms in total. The molecule has 0 bridgehead atoms. The van der Waals surface area contributed by atoms with Gasteiger partial charge < -0.3 is 9.94 Å². The number of benzene rings is 2. The Morgan fingerprint density at radius 3 is 2.50 bits per heavy atom. The normalized spacial score (nSPS) is 20.2. The largest absolute Gasteiger partial charge is 0.492 e. The third-order valence-electron chi connectivity index (χ3n) is 3.21. The van der Waals surface area contributed by atoms with Gasteiger partial charge in [0.1, 0.15) is 18.1 Å². The van der Waals surface area contributed by atoms with Crippen molar-refractivity contribution < 1.29 is 9.94 Å². The minimum Gasteiger partial charge on any atom is -0.492 e. The first-order chi connectivity index (χ1) is 8.90. The summed E-state index contributed by atoms with van der Waals surface area (Å²) in [6.07, 6.45) is 0. The second-order valence-corrected chi connectivity index (χ2v) is 4.26. The molecule has 0 saturated carbocycles. The first-order valence-electron chi connectivity index (χ1n) is 5.89. The fourth-order valence-corrected chi connectivity index (χ4v) is 2.31. The van der Waals surface area contributed by atoms with Crippen molar-refractivity contribution in [1.82, 2.24) is 0 Å². The number of oxime groups is 1. The Morgan fingerprint density at radius 2 is 1.72 bits per heavy atom. The van der Waals surface area contributed by atoms with Crippen LogP contribution in [-0.4, -0.2) is 17.5 Å². The van der Waals surface area contributed by atoms with Gasteiger partial charge in [0.25, 0.3) is 0 Å². The zero-order valence-electron chi connectivity index (χ0n) is 9.78. The second-order valence-electron chi connectivity index (χ2n) is 4.26. The molecule has 1 heterocycles. The SMILES string of the molecule is ON=C1c2ccccc2OCC1c1ccccc1. The Morgan fingerprint density at radius 1 is 1.00 bits per heavy atom. The molecule has 0 amide bonds. The van der Waals surface area contributed by atoms with Crippen LogP contribution >= 0.6 is 0 Å². The maximum absolute atomic E-state index is 9.30. The summed E-state index contributed by atoms with van der Waals surface area (Å²) in [5, 5.41) is 12.8. The number of hydrogen-bond acceptors (Lipinski definition) is 3. The van der Waals surface area contributed by atoms with Crippen LogP contribution in [0.5, 0.6) is 5.75 Å². The highest BCUT2D eigenvalue weighted by atomic mass is 16.5. The molecule has 2 aromatic carbocycles. The van der Waals surface area contributed by atoms with E-state index < -0.39 is 0 Å². The Balaban J connectivity index is 2.06. The van der Waals surface area contributed by atoms with Crippen LogP contribution in [0.3, 0.4) is 0 Å². The van der Waals surface area contributed by atoms with Crippen LogP contribution in [0.4, 0.5) is 0 Å². The quantitative estimate of drug-likeness (QED) is 0.614. The predicted octanol–water partition coefficient (Wildman–Crippen LogP) is 3.04. The van der Waals surface area contributed by atoms with E-state index in [0.717, 1.165) is 16.9 Å². The molecule has 1 N–H and O–H groups in total. The van der Waals surface area contributed by atoms with E-state index in [-0.39, 0.29) is 5.92 Å². The summed E-state index contributed by atoms with van der Waals surface area (Å²) < 4.78 is 5.73. The zero-order valence-corrected chi connectivity index (χ0v) is 9.78. The van der Waals surface area contributed by atoms with Crippen molar-refractivity contribution in [2.45, 2.75) is 5.92 Å². The van der Waals surface area contributed by atoms with Crippen molar-refractivity contribution in [2.24, 2.45) is 5.16 Å². The summed E-state index contributed by atoms with van der Waals surface area (Å²) in [6, 6.07) is 17.6. The monoisotopic (exact) mass is 239 g/mol. The smallest absolute Gasteiger partial charge is 0.128 e. The second kappa shape index (κ2) is 4.53. The minimum absolute atomic E-state index is 0.0221. The fraction of sp³-hybridized carbons (Fsp3) is 0.133. The van der Waals surface area contributed by atoms with Gasteiger partial charge in [0, 0.05) is 5.56 Å². The van der Waals surface area contributed by atoms with Gasteiger partial charge in [0.15, 0.2) is 0 Å². The minimum atomic E-state index is -0.0221. The first kappa shape index (κ1) is 10.8. The first-order valence-corrected chi connectivity index (χ1v) is 5.89. The van der Waals surface area contributed by atoms with Gasteiger partial charge in [-0.15, -0.1) is 0 Å². The van der Waals surface area contributed by atoms with Crippen molar-refractivity contribution >= 4 is 5.71 Å². The van der Waals surface area contributed by atoms with E-state index in [9.17, 15) is 5.21 Å². The van der Waals surface area contributed by atoms with Crippen LogP contribution in [0.25, 0.3) is 0 Å². The lowest BCUT2D eigenvalue weighted by Gasteiger charge is -2.26. The van der Waals surface area contributed by atoms with Crippen LogP contribution in [0, 0.1) is 0 Å². The van der Waals surface area contributed by atoms with Crippen molar-refractivity contribution in [1.29, 1.82) is 0 Å². The van der Waals surface area contributed by atoms with Gasteiger partial charge in [-0.2, -0.15) is 0 Å². The molecule has 1 atom stereocenters. The molecule has 3 rings (SSSR count). The summed E-state index contributed by atoms with van der Waals surface area (Å²) in [4.78, 5) is 0. The number of para-hydroxylation sites is 1. The Hall–Kier alpha value is -2.29. The van der Waals surface area contributed by atoms with Crippen LogP contribution in [-0.2, 0) is 0 Å². The average molecular weight is 239 g/mol. The molecule has 0 fully saturated rings. The topological polar surface area (TPSA) is 41.8 Å². The summed E-state index contributed by atoms with van der Waals surface area (Å²) in [7, 11) is 0. The molecule has 0 aliphatic carbocycles. The highest BCUT2D eigenvalue weighted by Crippen LogP contribution is 2.32. The third kappa shape index (κ3) is 1.74. The summed E-state index contributed by atoms with van der Waals surface area (Å²) in [6.45, 7) is 0.500. The molecule has 1 aliphatic heterocycles. The molecule has 1 unspecified atom stereocenters. The number of hydrogen-bond donors (Lipinski definition) is 1. The van der Waals surface area contributed by atoms with Crippen molar-refractivity contribution in [3.05, 3.63) is 65.7 Å². The van der Waals surface area contributed by atoms with Gasteiger partial charge in [0.2, 0.25) is 0 Å². The Labute approximate surface area is 105 Å². The molecule has 3 heteroatoms. The molecular weight excluding hydrogens is 226 g/mol. The lowest BCUT2D eigenvalue weighted by atomic mass is 9.88. The molecular formula is C15H13NO2. The van der Waals surface area contributed by atoms with E-state index in [1.54, 1.807) is 0 Å². The molecule has 0 saturated heterocycles. The van der Waals surface area contributed by atoms with Gasteiger partial charge in [-0.1, -0.05) is 47.6 Å². The average Bonchev–Trinajstić information content (AvgIpc) is 2.47. The van der Waals surface area contributed by atoms with Crippen LogP contribution in [0.1, 0.15) is 17.0 Å². The van der Waals surface area contributed by atoms with Gasteiger partial charge in [0.05, 0.1) is 5.92 Å². The van der Waals surface area contributed by atoms with Crippen LogP contribution in [0.2, 0.25) is 0 Å². The highest BCUT2D eigenvalue weighted by Gasteiger charge is 2.28. The lowest BCUT2D eigenvalue weighted by Crippen LogP contribution is -2.26. The van der Waals surface area contributed by atoms with Gasteiger partial charge in [-0.05, 0) is 17.7 Å².